The lowest BCUT2D eigenvalue weighted by atomic mass is 10.1. The van der Waals surface area contributed by atoms with Gasteiger partial charge < -0.3 is 10.4 Å². The third kappa shape index (κ3) is 4.80. The molecule has 2 N–H and O–H groups in total. The molecule has 0 saturated heterocycles. The molecule has 0 aliphatic rings. The van der Waals surface area contributed by atoms with Crippen molar-refractivity contribution in [2.24, 2.45) is 0 Å². The number of rotatable bonds is 7. The van der Waals surface area contributed by atoms with E-state index in [2.05, 4.69) is 5.32 Å². The first-order valence-corrected chi connectivity index (χ1v) is 8.24. The molecule has 0 spiro atoms. The van der Waals surface area contributed by atoms with E-state index in [0.29, 0.717) is 12.1 Å². The van der Waals surface area contributed by atoms with Gasteiger partial charge in [0.25, 0.3) is 0 Å². The largest absolute Gasteiger partial charge is 0.389 e. The van der Waals surface area contributed by atoms with Crippen LogP contribution in [0.15, 0.2) is 29.2 Å². The van der Waals surface area contributed by atoms with E-state index in [1.54, 1.807) is 19.1 Å². The van der Waals surface area contributed by atoms with E-state index in [-0.39, 0.29) is 17.3 Å². The van der Waals surface area contributed by atoms with Crippen LogP contribution >= 0.6 is 0 Å². The van der Waals surface area contributed by atoms with E-state index in [9.17, 15) is 18.3 Å². The zero-order valence-corrected chi connectivity index (χ0v) is 13.4. The van der Waals surface area contributed by atoms with Gasteiger partial charge in [0.05, 0.1) is 17.5 Å². The highest BCUT2D eigenvalue weighted by Gasteiger charge is 2.23. The molecule has 7 heteroatoms. The number of hydrogen-bond acceptors (Lipinski definition) is 4. The summed E-state index contributed by atoms with van der Waals surface area (Å²) >= 11 is 0. The van der Waals surface area contributed by atoms with Crippen molar-refractivity contribution in [3.8, 4) is 0 Å². The zero-order valence-electron chi connectivity index (χ0n) is 12.5. The first-order valence-electron chi connectivity index (χ1n) is 6.80. The lowest BCUT2D eigenvalue weighted by molar-refractivity contribution is -0.121. The fourth-order valence-electron chi connectivity index (χ4n) is 1.72. The summed E-state index contributed by atoms with van der Waals surface area (Å²) in [5, 5.41) is 12.2. The normalized spacial score (nSPS) is 13.2. The lowest BCUT2D eigenvalue weighted by Crippen LogP contribution is -2.38. The minimum absolute atomic E-state index is 0.0618. The van der Waals surface area contributed by atoms with Crippen LogP contribution in [0.3, 0.4) is 0 Å². The molecule has 118 valence electrons. The Morgan fingerprint density at radius 3 is 2.67 bits per heavy atom. The van der Waals surface area contributed by atoms with Crippen molar-refractivity contribution in [2.75, 3.05) is 20.1 Å². The van der Waals surface area contributed by atoms with E-state index < -0.39 is 16.1 Å². The minimum Gasteiger partial charge on any atom is -0.389 e. The maximum atomic E-state index is 12.4. The number of benzene rings is 1. The third-order valence-corrected chi connectivity index (χ3v) is 4.79. The van der Waals surface area contributed by atoms with Gasteiger partial charge in [-0.25, -0.2) is 8.42 Å². The number of aliphatic hydroxyl groups is 1. The van der Waals surface area contributed by atoms with Gasteiger partial charge in [-0.3, -0.25) is 4.79 Å². The van der Waals surface area contributed by atoms with E-state index in [1.165, 1.54) is 19.2 Å². The van der Waals surface area contributed by atoms with Crippen LogP contribution in [-0.4, -0.2) is 43.9 Å². The van der Waals surface area contributed by atoms with E-state index in [0.717, 1.165) is 10.7 Å². The molecule has 1 unspecified atom stereocenters. The second-order valence-corrected chi connectivity index (χ2v) is 6.90. The lowest BCUT2D eigenvalue weighted by Gasteiger charge is -2.17. The van der Waals surface area contributed by atoms with Gasteiger partial charge in [-0.2, -0.15) is 4.31 Å². The monoisotopic (exact) mass is 314 g/mol. The van der Waals surface area contributed by atoms with E-state index in [4.69, 9.17) is 0 Å². The van der Waals surface area contributed by atoms with Gasteiger partial charge in [0, 0.05) is 13.6 Å². The SMILES string of the molecule is CCCNC(=O)CN(C)S(=O)(=O)c1cccc(C(C)O)c1. The molecular weight excluding hydrogens is 292 g/mol. The van der Waals surface area contributed by atoms with Crippen LogP contribution in [0.5, 0.6) is 0 Å². The van der Waals surface area contributed by atoms with Gasteiger partial charge in [-0.15, -0.1) is 0 Å². The van der Waals surface area contributed by atoms with Gasteiger partial charge in [-0.1, -0.05) is 19.1 Å². The predicted octanol–water partition coefficient (Wildman–Crippen LogP) is 0.887. The fourth-order valence-corrected chi connectivity index (χ4v) is 2.90. The number of hydrogen-bond donors (Lipinski definition) is 2. The minimum atomic E-state index is -3.75. The van der Waals surface area contributed by atoms with E-state index in [1.807, 2.05) is 6.92 Å². The molecule has 1 aromatic carbocycles. The molecule has 1 aromatic rings. The molecule has 6 nitrogen and oxygen atoms in total. The van der Waals surface area contributed by atoms with Crippen molar-refractivity contribution < 1.29 is 18.3 Å². The Kier molecular flexibility index (Phi) is 6.32. The van der Waals surface area contributed by atoms with Crippen molar-refractivity contribution in [3.05, 3.63) is 29.8 Å². The molecule has 0 radical (unpaired) electrons. The maximum Gasteiger partial charge on any atom is 0.243 e. The van der Waals surface area contributed by atoms with Gasteiger partial charge in [0.15, 0.2) is 0 Å². The topological polar surface area (TPSA) is 86.7 Å². The summed E-state index contributed by atoms with van der Waals surface area (Å²) < 4.78 is 25.8. The molecular formula is C14H22N2O4S. The molecule has 1 amide bonds. The zero-order chi connectivity index (χ0) is 16.0. The van der Waals surface area contributed by atoms with Crippen molar-refractivity contribution >= 4 is 15.9 Å². The Hall–Kier alpha value is -1.44. The van der Waals surface area contributed by atoms with Gasteiger partial charge in [-0.05, 0) is 31.0 Å². The number of likely N-dealkylation sites (N-methyl/N-ethyl adjacent to an activating group) is 1. The molecule has 0 bridgehead atoms. The molecule has 0 fully saturated rings. The van der Waals surface area contributed by atoms with Crippen LogP contribution in [0.25, 0.3) is 0 Å². The summed E-state index contributed by atoms with van der Waals surface area (Å²) in [5.41, 5.74) is 0.514. The van der Waals surface area contributed by atoms with Crippen molar-refractivity contribution in [1.82, 2.24) is 9.62 Å². The predicted molar refractivity (Wildman–Crippen MR) is 80.2 cm³/mol. The highest BCUT2D eigenvalue weighted by atomic mass is 32.2. The van der Waals surface area contributed by atoms with Gasteiger partial charge in [0.1, 0.15) is 0 Å². The van der Waals surface area contributed by atoms with Crippen molar-refractivity contribution in [3.63, 3.8) is 0 Å². The molecule has 0 aromatic heterocycles. The number of aliphatic hydroxyl groups excluding tert-OH is 1. The van der Waals surface area contributed by atoms with Crippen LogP contribution in [-0.2, 0) is 14.8 Å². The number of nitrogens with zero attached hydrogens (tertiary/aromatic N) is 1. The van der Waals surface area contributed by atoms with E-state index >= 15 is 0 Å². The average Bonchev–Trinajstić information content (AvgIpc) is 2.45. The Balaban J connectivity index is 2.89. The summed E-state index contributed by atoms with van der Waals surface area (Å²) in [6, 6.07) is 6.08. The molecule has 1 rings (SSSR count). The van der Waals surface area contributed by atoms with Crippen LogP contribution in [0.2, 0.25) is 0 Å². The van der Waals surface area contributed by atoms with Crippen LogP contribution in [0.1, 0.15) is 31.9 Å². The second-order valence-electron chi connectivity index (χ2n) is 4.86. The Bertz CT molecular complexity index is 584. The molecule has 0 saturated carbocycles. The summed E-state index contributed by atoms with van der Waals surface area (Å²) in [5.74, 6) is -0.338. The highest BCUT2D eigenvalue weighted by Crippen LogP contribution is 2.19. The van der Waals surface area contributed by atoms with Crippen LogP contribution in [0.4, 0.5) is 0 Å². The number of carbonyl (C=O) groups is 1. The summed E-state index contributed by atoms with van der Waals surface area (Å²) in [7, 11) is -2.40. The first kappa shape index (κ1) is 17.6. The number of sulfonamides is 1. The standard InChI is InChI=1S/C14H22N2O4S/c1-4-8-15-14(18)10-16(3)21(19,20)13-7-5-6-12(9-13)11(2)17/h5-7,9,11,17H,4,8,10H2,1-3H3,(H,15,18). The maximum absolute atomic E-state index is 12.4. The number of amides is 1. The van der Waals surface area contributed by atoms with Crippen molar-refractivity contribution in [1.29, 1.82) is 0 Å². The smallest absolute Gasteiger partial charge is 0.243 e. The highest BCUT2D eigenvalue weighted by molar-refractivity contribution is 7.89. The van der Waals surface area contributed by atoms with Crippen molar-refractivity contribution in [2.45, 2.75) is 31.3 Å². The molecule has 0 aliphatic heterocycles. The number of carbonyl (C=O) groups excluding carboxylic acids is 1. The molecule has 21 heavy (non-hydrogen) atoms. The summed E-state index contributed by atoms with van der Waals surface area (Å²) in [4.78, 5) is 11.7. The second kappa shape index (κ2) is 7.53. The Labute approximate surface area is 125 Å². The Morgan fingerprint density at radius 2 is 2.10 bits per heavy atom. The first-order chi connectivity index (χ1) is 9.78. The molecule has 0 heterocycles. The Morgan fingerprint density at radius 1 is 1.43 bits per heavy atom. The molecule has 1 atom stereocenters. The third-order valence-electron chi connectivity index (χ3n) is 2.99. The summed E-state index contributed by atoms with van der Waals surface area (Å²) in [6.45, 7) is 3.77. The number of nitrogens with one attached hydrogen (secondary N) is 1. The van der Waals surface area contributed by atoms with Gasteiger partial charge in [0.2, 0.25) is 15.9 Å². The van der Waals surface area contributed by atoms with Gasteiger partial charge >= 0.3 is 0 Å². The quantitative estimate of drug-likeness (QED) is 0.782. The van der Waals surface area contributed by atoms with Crippen LogP contribution < -0.4 is 5.32 Å². The van der Waals surface area contributed by atoms with Crippen LogP contribution in [0, 0.1) is 0 Å². The molecule has 0 aliphatic carbocycles. The fraction of sp³-hybridized carbons (Fsp3) is 0.500. The average molecular weight is 314 g/mol. The summed E-state index contributed by atoms with van der Waals surface area (Å²) in [6.07, 6.45) is 0.0387.